The van der Waals surface area contributed by atoms with Crippen LogP contribution in [0.15, 0.2) is 29.2 Å². The molecule has 1 aliphatic carbocycles. The lowest BCUT2D eigenvalue weighted by Crippen LogP contribution is -2.36. The number of methoxy groups -OCH3 is 1. The van der Waals surface area contributed by atoms with E-state index in [1.165, 1.54) is 46.3 Å². The number of benzene rings is 1. The fourth-order valence-electron chi connectivity index (χ4n) is 3.10. The molecule has 0 unspecified atom stereocenters. The molecular weight excluding hydrogens is 342 g/mol. The van der Waals surface area contributed by atoms with E-state index >= 15 is 0 Å². The smallest absolute Gasteiger partial charge is 0.242 e. The molecule has 1 aromatic rings. The van der Waals surface area contributed by atoms with E-state index in [4.69, 9.17) is 9.47 Å². The third-order valence-electron chi connectivity index (χ3n) is 4.57. The lowest BCUT2D eigenvalue weighted by atomic mass is 9.90. The maximum absolute atomic E-state index is 12.5. The van der Waals surface area contributed by atoms with Crippen molar-refractivity contribution >= 4 is 10.0 Å². The fourth-order valence-corrected chi connectivity index (χ4v) is 4.30. The normalized spacial score (nSPS) is 17.6. The standard InChI is InChI=1S/C18H29NO5S/c1-19(12-16(20)14-23-2)25(21,22)18-10-8-17(9-11-18)24-13-15-6-4-3-5-7-15/h8-11,15-16,20H,3-7,12-14H2,1-2H3/t16-/m1/s1. The molecule has 1 aromatic carbocycles. The van der Waals surface area contributed by atoms with Gasteiger partial charge in [0.2, 0.25) is 10.0 Å². The lowest BCUT2D eigenvalue weighted by molar-refractivity contribution is 0.0554. The summed E-state index contributed by atoms with van der Waals surface area (Å²) in [6.45, 7) is 0.763. The maximum Gasteiger partial charge on any atom is 0.242 e. The zero-order valence-electron chi connectivity index (χ0n) is 15.1. The van der Waals surface area contributed by atoms with Gasteiger partial charge in [-0.1, -0.05) is 19.3 Å². The van der Waals surface area contributed by atoms with E-state index in [1.54, 1.807) is 24.3 Å². The van der Waals surface area contributed by atoms with Gasteiger partial charge in [-0.25, -0.2) is 8.42 Å². The Bertz CT molecular complexity index is 611. The van der Waals surface area contributed by atoms with Crippen LogP contribution in [0.2, 0.25) is 0 Å². The van der Waals surface area contributed by atoms with Crippen molar-refractivity contribution in [3.8, 4) is 5.75 Å². The molecule has 0 saturated heterocycles. The summed E-state index contributed by atoms with van der Waals surface area (Å²) in [6, 6.07) is 6.47. The third-order valence-corrected chi connectivity index (χ3v) is 6.41. The van der Waals surface area contributed by atoms with Crippen molar-refractivity contribution < 1.29 is 23.0 Å². The largest absolute Gasteiger partial charge is 0.493 e. The van der Waals surface area contributed by atoms with Crippen molar-refractivity contribution in [2.75, 3.05) is 33.9 Å². The molecule has 1 aliphatic rings. The molecule has 0 heterocycles. The number of aliphatic hydroxyl groups excluding tert-OH is 1. The van der Waals surface area contributed by atoms with Crippen molar-refractivity contribution in [1.29, 1.82) is 0 Å². The van der Waals surface area contributed by atoms with Crippen LogP contribution in [0.3, 0.4) is 0 Å². The summed E-state index contributed by atoms with van der Waals surface area (Å²) >= 11 is 0. The monoisotopic (exact) mass is 371 g/mol. The van der Waals surface area contributed by atoms with Gasteiger partial charge in [0.25, 0.3) is 0 Å². The van der Waals surface area contributed by atoms with E-state index in [2.05, 4.69) is 0 Å². The van der Waals surface area contributed by atoms with Crippen LogP contribution >= 0.6 is 0 Å². The Balaban J connectivity index is 1.92. The minimum absolute atomic E-state index is 0.0178. The first-order valence-electron chi connectivity index (χ1n) is 8.79. The van der Waals surface area contributed by atoms with Gasteiger partial charge < -0.3 is 14.6 Å². The van der Waals surface area contributed by atoms with E-state index in [-0.39, 0.29) is 18.0 Å². The molecule has 1 saturated carbocycles. The summed E-state index contributed by atoms with van der Waals surface area (Å²) in [7, 11) is -0.734. The van der Waals surface area contributed by atoms with E-state index in [1.807, 2.05) is 0 Å². The molecule has 0 aliphatic heterocycles. The second-order valence-corrected chi connectivity index (χ2v) is 8.73. The molecule has 0 bridgehead atoms. The van der Waals surface area contributed by atoms with Gasteiger partial charge in [-0.2, -0.15) is 4.31 Å². The Morgan fingerprint density at radius 2 is 1.84 bits per heavy atom. The lowest BCUT2D eigenvalue weighted by Gasteiger charge is -2.22. The first kappa shape index (κ1) is 20.2. The number of hydrogen-bond donors (Lipinski definition) is 1. The van der Waals surface area contributed by atoms with Crippen molar-refractivity contribution in [1.82, 2.24) is 4.31 Å². The topological polar surface area (TPSA) is 76.1 Å². The fraction of sp³-hybridized carbons (Fsp3) is 0.667. The zero-order chi connectivity index (χ0) is 18.3. The number of aliphatic hydroxyl groups is 1. The highest BCUT2D eigenvalue weighted by molar-refractivity contribution is 7.89. The third kappa shape index (κ3) is 5.95. The van der Waals surface area contributed by atoms with E-state index in [0.717, 1.165) is 4.31 Å². The number of rotatable bonds is 9. The number of ether oxygens (including phenoxy) is 2. The second-order valence-electron chi connectivity index (χ2n) is 6.68. The molecule has 7 heteroatoms. The molecule has 2 rings (SSSR count). The van der Waals surface area contributed by atoms with Crippen molar-refractivity contribution in [3.05, 3.63) is 24.3 Å². The summed E-state index contributed by atoms with van der Waals surface area (Å²) < 4.78 is 36.8. The maximum atomic E-state index is 12.5. The first-order chi connectivity index (χ1) is 11.9. The molecule has 142 valence electrons. The Morgan fingerprint density at radius 1 is 1.20 bits per heavy atom. The zero-order valence-corrected chi connectivity index (χ0v) is 15.9. The van der Waals surface area contributed by atoms with Gasteiger partial charge >= 0.3 is 0 Å². The van der Waals surface area contributed by atoms with Gasteiger partial charge in [0.05, 0.1) is 24.2 Å². The number of nitrogens with zero attached hydrogens (tertiary/aromatic N) is 1. The highest BCUT2D eigenvalue weighted by Gasteiger charge is 2.23. The summed E-state index contributed by atoms with van der Waals surface area (Å²) in [4.78, 5) is 0.185. The molecule has 0 spiro atoms. The summed E-state index contributed by atoms with van der Waals surface area (Å²) in [5.74, 6) is 1.29. The van der Waals surface area contributed by atoms with E-state index in [9.17, 15) is 13.5 Å². The molecule has 0 aromatic heterocycles. The first-order valence-corrected chi connectivity index (χ1v) is 10.2. The summed E-state index contributed by atoms with van der Waals surface area (Å²) in [5.41, 5.74) is 0. The molecule has 1 atom stereocenters. The predicted molar refractivity (Wildman–Crippen MR) is 96.2 cm³/mol. The molecule has 6 nitrogen and oxygen atoms in total. The molecule has 1 N–H and O–H groups in total. The minimum Gasteiger partial charge on any atom is -0.493 e. The van der Waals surface area contributed by atoms with Crippen LogP contribution in [-0.2, 0) is 14.8 Å². The molecule has 0 radical (unpaired) electrons. The van der Waals surface area contributed by atoms with E-state index in [0.29, 0.717) is 18.3 Å². The summed E-state index contributed by atoms with van der Waals surface area (Å²) in [5, 5.41) is 9.72. The highest BCUT2D eigenvalue weighted by Crippen LogP contribution is 2.25. The summed E-state index contributed by atoms with van der Waals surface area (Å²) in [6.07, 6.45) is 5.42. The van der Waals surface area contributed by atoms with Crippen LogP contribution in [-0.4, -0.2) is 57.8 Å². The Hall–Kier alpha value is -1.15. The molecule has 25 heavy (non-hydrogen) atoms. The molecule has 0 amide bonds. The van der Waals surface area contributed by atoms with Crippen LogP contribution in [0.5, 0.6) is 5.75 Å². The Morgan fingerprint density at radius 3 is 2.44 bits per heavy atom. The number of sulfonamides is 1. The Kier molecular flexibility index (Phi) is 7.68. The SMILES string of the molecule is COC[C@H](O)CN(C)S(=O)(=O)c1ccc(OCC2CCCCC2)cc1. The van der Waals surface area contributed by atoms with Gasteiger partial charge in [-0.15, -0.1) is 0 Å². The van der Waals surface area contributed by atoms with Crippen molar-refractivity contribution in [2.24, 2.45) is 5.92 Å². The van der Waals surface area contributed by atoms with E-state index < -0.39 is 16.1 Å². The number of hydrogen-bond acceptors (Lipinski definition) is 5. The minimum atomic E-state index is -3.64. The second kappa shape index (κ2) is 9.52. The van der Waals surface area contributed by atoms with Crippen molar-refractivity contribution in [3.63, 3.8) is 0 Å². The highest BCUT2D eigenvalue weighted by atomic mass is 32.2. The van der Waals surface area contributed by atoms with Gasteiger partial charge in [-0.05, 0) is 43.0 Å². The van der Waals surface area contributed by atoms with Gasteiger partial charge in [0, 0.05) is 20.7 Å². The van der Waals surface area contributed by atoms with Gasteiger partial charge in [0.1, 0.15) is 5.75 Å². The van der Waals surface area contributed by atoms with Crippen LogP contribution < -0.4 is 4.74 Å². The predicted octanol–water partition coefficient (Wildman–Crippen LogP) is 2.27. The van der Waals surface area contributed by atoms with Crippen molar-refractivity contribution in [2.45, 2.75) is 43.1 Å². The molecular formula is C18H29NO5S. The van der Waals surface area contributed by atoms with Crippen LogP contribution in [0.1, 0.15) is 32.1 Å². The van der Waals surface area contributed by atoms with Crippen LogP contribution in [0, 0.1) is 5.92 Å². The number of likely N-dealkylation sites (N-methyl/N-ethyl adjacent to an activating group) is 1. The Labute approximate surface area is 150 Å². The van der Waals surface area contributed by atoms with Crippen LogP contribution in [0.4, 0.5) is 0 Å². The van der Waals surface area contributed by atoms with Crippen LogP contribution in [0.25, 0.3) is 0 Å². The quantitative estimate of drug-likeness (QED) is 0.721. The molecule has 1 fully saturated rings. The van der Waals surface area contributed by atoms with Gasteiger partial charge in [0.15, 0.2) is 0 Å². The van der Waals surface area contributed by atoms with Gasteiger partial charge in [-0.3, -0.25) is 0 Å². The average Bonchev–Trinajstić information content (AvgIpc) is 2.61. The average molecular weight is 371 g/mol.